The molecule has 0 radical (unpaired) electrons. The zero-order valence-electron chi connectivity index (χ0n) is 20.4. The Labute approximate surface area is 210 Å². The van der Waals surface area contributed by atoms with Crippen molar-refractivity contribution in [1.82, 2.24) is 0 Å². The first-order chi connectivity index (χ1) is 17.5. The van der Waals surface area contributed by atoms with E-state index in [1.165, 1.54) is 0 Å². The van der Waals surface area contributed by atoms with Crippen LogP contribution in [0.3, 0.4) is 0 Å². The monoisotopic (exact) mass is 484 g/mol. The molecule has 4 rings (SSSR count). The molecule has 2 aliphatic rings. The van der Waals surface area contributed by atoms with Gasteiger partial charge in [-0.05, 0) is 43.0 Å². The predicted octanol–water partition coefficient (Wildman–Crippen LogP) is 4.50. The van der Waals surface area contributed by atoms with E-state index in [4.69, 9.17) is 14.2 Å². The fourth-order valence-corrected chi connectivity index (χ4v) is 5.33. The number of hydrogen-bond acceptors (Lipinski definition) is 7. The van der Waals surface area contributed by atoms with E-state index in [-0.39, 0.29) is 32.7 Å². The molecule has 2 aromatic carbocycles. The van der Waals surface area contributed by atoms with E-state index >= 15 is 0 Å². The lowest BCUT2D eigenvalue weighted by Gasteiger charge is -2.42. The minimum absolute atomic E-state index is 0.0208. The fraction of sp³-hybridized carbons (Fsp3) is 0.379. The van der Waals surface area contributed by atoms with Gasteiger partial charge in [0.05, 0.1) is 32.0 Å². The molecular weight excluding hydrogens is 456 g/mol. The van der Waals surface area contributed by atoms with Crippen LogP contribution in [0.2, 0.25) is 0 Å². The first-order valence-electron chi connectivity index (χ1n) is 12.1. The van der Waals surface area contributed by atoms with Gasteiger partial charge in [0.1, 0.15) is 5.75 Å². The second-order valence-electron chi connectivity index (χ2n) is 9.02. The molecule has 0 aromatic heterocycles. The summed E-state index contributed by atoms with van der Waals surface area (Å²) in [7, 11) is 0. The predicted molar refractivity (Wildman–Crippen MR) is 130 cm³/mol. The first kappa shape index (κ1) is 25.0. The number of carbonyl (C=O) groups excluding carboxylic acids is 2. The molecule has 0 saturated heterocycles. The average molecular weight is 485 g/mol. The molecule has 7 nitrogen and oxygen atoms in total. The molecule has 1 aliphatic heterocycles. The van der Waals surface area contributed by atoms with Gasteiger partial charge < -0.3 is 14.2 Å². The topological polar surface area (TPSA) is 109 Å². The van der Waals surface area contributed by atoms with Crippen molar-refractivity contribution in [2.45, 2.75) is 32.6 Å². The highest BCUT2D eigenvalue weighted by Gasteiger charge is 2.59. The third-order valence-corrected chi connectivity index (χ3v) is 7.16. The normalized spacial score (nSPS) is 21.4. The van der Waals surface area contributed by atoms with Gasteiger partial charge in [0.25, 0.3) is 0 Å². The largest absolute Gasteiger partial charge is 0.493 e. The summed E-state index contributed by atoms with van der Waals surface area (Å²) in [5, 5.41) is 20.8. The molecule has 1 aliphatic carbocycles. The van der Waals surface area contributed by atoms with Crippen molar-refractivity contribution in [3.05, 3.63) is 77.4 Å². The molecule has 2 bridgehead atoms. The van der Waals surface area contributed by atoms with Crippen LogP contribution in [0.25, 0.3) is 0 Å². The van der Waals surface area contributed by atoms with Crippen molar-refractivity contribution in [2.24, 2.45) is 16.7 Å². The number of carbonyl (C=O) groups is 2. The van der Waals surface area contributed by atoms with Crippen LogP contribution in [0.15, 0.2) is 66.2 Å². The van der Waals surface area contributed by atoms with Gasteiger partial charge in [0.2, 0.25) is 0 Å². The van der Waals surface area contributed by atoms with Crippen LogP contribution in [0.5, 0.6) is 5.75 Å². The first-order valence-corrected chi connectivity index (χ1v) is 12.1. The Kier molecular flexibility index (Phi) is 7.12. The maximum absolute atomic E-state index is 13.7. The third kappa shape index (κ3) is 4.01. The summed E-state index contributed by atoms with van der Waals surface area (Å²) in [4.78, 5) is 27.5. The Balaban J connectivity index is 2.05. The van der Waals surface area contributed by atoms with Crippen LogP contribution < -0.4 is 4.74 Å². The van der Waals surface area contributed by atoms with Crippen LogP contribution in [0.1, 0.15) is 37.3 Å². The van der Waals surface area contributed by atoms with Gasteiger partial charge in [0, 0.05) is 18.3 Å². The maximum atomic E-state index is 13.7. The summed E-state index contributed by atoms with van der Waals surface area (Å²) in [5.74, 6) is -2.25. The van der Waals surface area contributed by atoms with Crippen molar-refractivity contribution < 1.29 is 23.8 Å². The van der Waals surface area contributed by atoms with Gasteiger partial charge in [-0.2, -0.15) is 10.5 Å². The van der Waals surface area contributed by atoms with Gasteiger partial charge in [-0.3, -0.25) is 9.59 Å². The van der Waals surface area contributed by atoms with Gasteiger partial charge in [0.15, 0.2) is 10.8 Å². The van der Waals surface area contributed by atoms with E-state index in [0.717, 1.165) is 5.56 Å². The number of hydrogen-bond donors (Lipinski definition) is 0. The van der Waals surface area contributed by atoms with E-state index in [9.17, 15) is 20.1 Å². The Morgan fingerprint density at radius 3 is 2.19 bits per heavy atom. The lowest BCUT2D eigenvalue weighted by molar-refractivity contribution is -0.169. The highest BCUT2D eigenvalue weighted by atomic mass is 16.6. The molecule has 0 saturated carbocycles. The number of allylic oxidation sites excluding steroid dienone is 1. The van der Waals surface area contributed by atoms with Gasteiger partial charge >= 0.3 is 11.9 Å². The lowest BCUT2D eigenvalue weighted by atomic mass is 9.57. The summed E-state index contributed by atoms with van der Waals surface area (Å²) in [6.07, 6.45) is 1.86. The van der Waals surface area contributed by atoms with Crippen LogP contribution >= 0.6 is 0 Å². The summed E-state index contributed by atoms with van der Waals surface area (Å²) in [5.41, 5.74) is -1.39. The SMILES string of the molecule is CCOC(=O)C1(C(=O)OCC)Cc2ccccc2OC[C@H]2CC1=C[C@@H](c1ccccc1)C2(C#N)C#N. The van der Waals surface area contributed by atoms with Crippen LogP contribution in [-0.4, -0.2) is 31.8 Å². The van der Waals surface area contributed by atoms with Crippen molar-refractivity contribution >= 4 is 11.9 Å². The molecule has 0 fully saturated rings. The Morgan fingerprint density at radius 1 is 0.972 bits per heavy atom. The minimum atomic E-state index is -1.78. The van der Waals surface area contributed by atoms with Gasteiger partial charge in [-0.15, -0.1) is 0 Å². The highest BCUT2D eigenvalue weighted by molar-refractivity contribution is 6.04. The van der Waals surface area contributed by atoms with Crippen LogP contribution in [0.4, 0.5) is 0 Å². The summed E-state index contributed by atoms with van der Waals surface area (Å²) >= 11 is 0. The molecular formula is C29H28N2O5. The summed E-state index contributed by atoms with van der Waals surface area (Å²) in [6, 6.07) is 20.9. The number of nitrogens with zero attached hydrogens (tertiary/aromatic N) is 2. The maximum Gasteiger partial charge on any atom is 0.328 e. The third-order valence-electron chi connectivity index (χ3n) is 7.16. The van der Waals surface area contributed by atoms with Crippen molar-refractivity contribution in [1.29, 1.82) is 10.5 Å². The molecule has 7 heteroatoms. The Bertz CT molecular complexity index is 1220. The summed E-state index contributed by atoms with van der Waals surface area (Å²) < 4.78 is 17.2. The Morgan fingerprint density at radius 2 is 1.58 bits per heavy atom. The molecule has 2 atom stereocenters. The quantitative estimate of drug-likeness (QED) is 0.349. The smallest absolute Gasteiger partial charge is 0.328 e. The van der Waals surface area contributed by atoms with Gasteiger partial charge in [-0.25, -0.2) is 0 Å². The number of rotatable bonds is 5. The molecule has 0 amide bonds. The number of esters is 2. The van der Waals surface area contributed by atoms with Crippen molar-refractivity contribution in [3.63, 3.8) is 0 Å². The molecule has 0 N–H and O–H groups in total. The number of para-hydroxylation sites is 1. The zero-order chi connectivity index (χ0) is 25.8. The van der Waals surface area contributed by atoms with Crippen molar-refractivity contribution in [3.8, 4) is 17.9 Å². The molecule has 0 spiro atoms. The number of ether oxygens (including phenoxy) is 3. The molecule has 1 heterocycles. The van der Waals surface area contributed by atoms with E-state index < -0.39 is 34.6 Å². The molecule has 0 unspecified atom stereocenters. The number of nitriles is 2. The zero-order valence-corrected chi connectivity index (χ0v) is 20.4. The van der Waals surface area contributed by atoms with Crippen LogP contribution in [-0.2, 0) is 25.5 Å². The fourth-order valence-electron chi connectivity index (χ4n) is 5.33. The second kappa shape index (κ2) is 10.3. The highest BCUT2D eigenvalue weighted by Crippen LogP contribution is 2.54. The molecule has 36 heavy (non-hydrogen) atoms. The summed E-state index contributed by atoms with van der Waals surface area (Å²) in [6.45, 7) is 3.60. The van der Waals surface area contributed by atoms with E-state index in [2.05, 4.69) is 12.1 Å². The number of benzene rings is 2. The van der Waals surface area contributed by atoms with E-state index in [0.29, 0.717) is 16.9 Å². The number of fused-ring (bicyclic) bond motifs is 3. The van der Waals surface area contributed by atoms with E-state index in [1.54, 1.807) is 38.1 Å². The molecule has 2 aromatic rings. The minimum Gasteiger partial charge on any atom is -0.493 e. The van der Waals surface area contributed by atoms with Crippen molar-refractivity contribution in [2.75, 3.05) is 19.8 Å². The average Bonchev–Trinajstić information content (AvgIpc) is 2.96. The lowest BCUT2D eigenvalue weighted by Crippen LogP contribution is -2.49. The van der Waals surface area contributed by atoms with E-state index in [1.807, 2.05) is 36.4 Å². The second-order valence-corrected chi connectivity index (χ2v) is 9.02. The van der Waals surface area contributed by atoms with Crippen LogP contribution in [0, 0.1) is 39.4 Å². The van der Waals surface area contributed by atoms with Gasteiger partial charge in [-0.1, -0.05) is 54.6 Å². The standard InChI is InChI=1S/C29H28N2O5/c1-3-34-26(32)29(27(33)35-4-2)16-21-12-8-9-13-25(21)36-17-23-14-22(29)15-24(28(23,18-30)19-31)20-10-6-5-7-11-20/h5-13,15,23-24H,3-4,14,16-17H2,1-2H3/t23-,24+/m1/s1. The molecule has 184 valence electrons. The Hall–Kier alpha value is -4.10.